The van der Waals surface area contributed by atoms with Crippen LogP contribution in [0.25, 0.3) is 11.2 Å². The number of hydrogen-bond acceptors (Lipinski definition) is 5. The van der Waals surface area contributed by atoms with Crippen LogP contribution in [-0.4, -0.2) is 36.9 Å². The highest BCUT2D eigenvalue weighted by Crippen LogP contribution is 2.32. The van der Waals surface area contributed by atoms with Gasteiger partial charge in [-0.3, -0.25) is 13.9 Å². The summed E-state index contributed by atoms with van der Waals surface area (Å²) < 4.78 is 4.57. The molecule has 0 bridgehead atoms. The molecule has 0 aliphatic carbocycles. The van der Waals surface area contributed by atoms with Crippen molar-refractivity contribution in [2.24, 2.45) is 13.0 Å². The van der Waals surface area contributed by atoms with Crippen LogP contribution in [0.2, 0.25) is 0 Å². The smallest absolute Gasteiger partial charge is 0.332 e. The summed E-state index contributed by atoms with van der Waals surface area (Å²) in [5.41, 5.74) is 2.39. The molecular formula is C21H27N5O3. The van der Waals surface area contributed by atoms with Gasteiger partial charge in [-0.1, -0.05) is 26.0 Å². The van der Waals surface area contributed by atoms with Gasteiger partial charge < -0.3 is 14.6 Å². The van der Waals surface area contributed by atoms with E-state index >= 15 is 0 Å². The highest BCUT2D eigenvalue weighted by molar-refractivity contribution is 5.77. The number of aryl methyl sites for hydroxylation is 2. The first-order chi connectivity index (χ1) is 14.0. The van der Waals surface area contributed by atoms with Crippen molar-refractivity contribution in [3.63, 3.8) is 0 Å². The number of imidazole rings is 1. The SMILES string of the molecule is CCc1ccc(N2C[C@@H](C)Cn3c2nc2c3c(=O)n(CCCO)c(=O)n2C)cc1. The number of benzene rings is 1. The molecule has 1 atom stereocenters. The Hall–Kier alpha value is -2.87. The van der Waals surface area contributed by atoms with Crippen LogP contribution in [0.5, 0.6) is 0 Å². The fraction of sp³-hybridized carbons (Fsp3) is 0.476. The fourth-order valence-corrected chi connectivity index (χ4v) is 4.06. The number of aliphatic hydroxyl groups is 1. The summed E-state index contributed by atoms with van der Waals surface area (Å²) in [5.74, 6) is 1.00. The fourth-order valence-electron chi connectivity index (χ4n) is 4.06. The van der Waals surface area contributed by atoms with Crippen LogP contribution in [0, 0.1) is 5.92 Å². The molecule has 0 fully saturated rings. The summed E-state index contributed by atoms with van der Waals surface area (Å²) in [7, 11) is 1.64. The molecule has 3 heterocycles. The first-order valence-electron chi connectivity index (χ1n) is 10.1. The van der Waals surface area contributed by atoms with Crippen molar-refractivity contribution in [2.75, 3.05) is 18.1 Å². The number of anilines is 2. The molecule has 154 valence electrons. The Morgan fingerprint density at radius 3 is 2.55 bits per heavy atom. The molecule has 29 heavy (non-hydrogen) atoms. The lowest BCUT2D eigenvalue weighted by atomic mass is 10.1. The van der Waals surface area contributed by atoms with Crippen molar-refractivity contribution in [1.29, 1.82) is 0 Å². The number of aromatic nitrogens is 4. The predicted molar refractivity (Wildman–Crippen MR) is 113 cm³/mol. The predicted octanol–water partition coefficient (Wildman–Crippen LogP) is 1.63. The van der Waals surface area contributed by atoms with E-state index in [-0.39, 0.29) is 18.7 Å². The van der Waals surface area contributed by atoms with E-state index in [1.54, 1.807) is 7.05 Å². The summed E-state index contributed by atoms with van der Waals surface area (Å²) >= 11 is 0. The molecule has 0 radical (unpaired) electrons. The maximum atomic E-state index is 13.2. The molecule has 3 aromatic rings. The van der Waals surface area contributed by atoms with Gasteiger partial charge in [-0.25, -0.2) is 4.79 Å². The molecule has 8 nitrogen and oxygen atoms in total. The Kier molecular flexibility index (Phi) is 5.04. The molecule has 4 rings (SSSR count). The van der Waals surface area contributed by atoms with E-state index in [1.165, 1.54) is 14.7 Å². The van der Waals surface area contributed by atoms with Crippen LogP contribution in [0.4, 0.5) is 11.6 Å². The summed E-state index contributed by atoms with van der Waals surface area (Å²) in [6.45, 7) is 5.85. The Bertz CT molecular complexity index is 1160. The van der Waals surface area contributed by atoms with Gasteiger partial charge in [-0.05, 0) is 36.5 Å². The molecule has 1 aliphatic rings. The van der Waals surface area contributed by atoms with E-state index in [4.69, 9.17) is 10.1 Å². The molecule has 0 saturated heterocycles. The second-order valence-corrected chi connectivity index (χ2v) is 7.81. The van der Waals surface area contributed by atoms with Gasteiger partial charge in [0.1, 0.15) is 0 Å². The first kappa shape index (κ1) is 19.4. The van der Waals surface area contributed by atoms with Crippen LogP contribution < -0.4 is 16.1 Å². The first-order valence-corrected chi connectivity index (χ1v) is 10.1. The van der Waals surface area contributed by atoms with Crippen molar-refractivity contribution in [1.82, 2.24) is 18.7 Å². The van der Waals surface area contributed by atoms with Gasteiger partial charge >= 0.3 is 5.69 Å². The normalized spacial score (nSPS) is 16.4. The van der Waals surface area contributed by atoms with Crippen molar-refractivity contribution in [3.05, 3.63) is 50.7 Å². The number of hydrogen-bond donors (Lipinski definition) is 1. The maximum absolute atomic E-state index is 13.2. The van der Waals surface area contributed by atoms with Gasteiger partial charge in [-0.15, -0.1) is 0 Å². The monoisotopic (exact) mass is 397 g/mol. The zero-order valence-electron chi connectivity index (χ0n) is 17.1. The van der Waals surface area contributed by atoms with E-state index in [0.717, 1.165) is 18.7 Å². The number of nitrogens with zero attached hydrogens (tertiary/aromatic N) is 5. The van der Waals surface area contributed by atoms with Gasteiger partial charge in [-0.2, -0.15) is 4.98 Å². The highest BCUT2D eigenvalue weighted by atomic mass is 16.3. The second-order valence-electron chi connectivity index (χ2n) is 7.81. The quantitative estimate of drug-likeness (QED) is 0.707. The van der Waals surface area contributed by atoms with Gasteiger partial charge in [0, 0.05) is 39.0 Å². The van der Waals surface area contributed by atoms with E-state index in [0.29, 0.717) is 36.0 Å². The van der Waals surface area contributed by atoms with Crippen molar-refractivity contribution >= 4 is 22.8 Å². The van der Waals surface area contributed by atoms with Crippen LogP contribution in [-0.2, 0) is 26.6 Å². The minimum Gasteiger partial charge on any atom is -0.396 e. The third kappa shape index (κ3) is 3.17. The Labute approximate surface area is 168 Å². The lowest BCUT2D eigenvalue weighted by Crippen LogP contribution is -2.40. The van der Waals surface area contributed by atoms with Crippen molar-refractivity contribution < 1.29 is 5.11 Å². The zero-order chi connectivity index (χ0) is 20.7. The summed E-state index contributed by atoms with van der Waals surface area (Å²) in [6.07, 6.45) is 1.33. The zero-order valence-corrected chi connectivity index (χ0v) is 17.1. The van der Waals surface area contributed by atoms with Crippen molar-refractivity contribution in [3.8, 4) is 0 Å². The van der Waals surface area contributed by atoms with E-state index < -0.39 is 5.69 Å². The summed E-state index contributed by atoms with van der Waals surface area (Å²) in [4.78, 5) is 32.7. The molecule has 8 heteroatoms. The van der Waals surface area contributed by atoms with E-state index in [9.17, 15) is 9.59 Å². The third-order valence-electron chi connectivity index (χ3n) is 5.64. The van der Waals surface area contributed by atoms with Gasteiger partial charge in [0.2, 0.25) is 5.95 Å². The molecule has 2 aromatic heterocycles. The number of rotatable bonds is 5. The topological polar surface area (TPSA) is 85.3 Å². The van der Waals surface area contributed by atoms with Crippen LogP contribution in [0.1, 0.15) is 25.8 Å². The second kappa shape index (κ2) is 7.51. The lowest BCUT2D eigenvalue weighted by molar-refractivity contribution is 0.277. The van der Waals surface area contributed by atoms with Crippen LogP contribution >= 0.6 is 0 Å². The Morgan fingerprint density at radius 2 is 1.90 bits per heavy atom. The van der Waals surface area contributed by atoms with Crippen LogP contribution in [0.15, 0.2) is 33.9 Å². The standard InChI is InChI=1S/C21H27N5O3/c1-4-15-6-8-16(9-7-15)25-12-14(2)13-26-17-18(22-20(25)26)23(3)21(29)24(19(17)28)10-5-11-27/h6-9,14,27H,4-5,10-13H2,1-3H3/t14-/m1/s1. The van der Waals surface area contributed by atoms with Gasteiger partial charge in [0.25, 0.3) is 5.56 Å². The number of aliphatic hydroxyl groups excluding tert-OH is 1. The average Bonchev–Trinajstić information content (AvgIpc) is 3.11. The molecule has 0 saturated carbocycles. The Balaban J connectivity index is 1.93. The average molecular weight is 397 g/mol. The van der Waals surface area contributed by atoms with Crippen LogP contribution in [0.3, 0.4) is 0 Å². The summed E-state index contributed by atoms with van der Waals surface area (Å²) in [6, 6.07) is 8.39. The van der Waals surface area contributed by atoms with E-state index in [1.807, 2.05) is 4.57 Å². The minimum atomic E-state index is -0.404. The third-order valence-corrected chi connectivity index (χ3v) is 5.64. The molecule has 1 aliphatic heterocycles. The largest absolute Gasteiger partial charge is 0.396 e. The molecule has 0 spiro atoms. The maximum Gasteiger partial charge on any atom is 0.332 e. The molecule has 1 aromatic carbocycles. The molecule has 0 amide bonds. The molecule has 1 N–H and O–H groups in total. The molecular weight excluding hydrogens is 370 g/mol. The molecule has 0 unspecified atom stereocenters. The van der Waals surface area contributed by atoms with Gasteiger partial charge in [0.15, 0.2) is 11.2 Å². The summed E-state index contributed by atoms with van der Waals surface area (Å²) in [5, 5.41) is 9.13. The van der Waals surface area contributed by atoms with Crippen molar-refractivity contribution in [2.45, 2.75) is 39.8 Å². The van der Waals surface area contributed by atoms with E-state index in [2.05, 4.69) is 43.0 Å². The van der Waals surface area contributed by atoms with Gasteiger partial charge in [0.05, 0.1) is 0 Å². The Morgan fingerprint density at radius 1 is 1.17 bits per heavy atom. The highest BCUT2D eigenvalue weighted by Gasteiger charge is 2.29. The number of fused-ring (bicyclic) bond motifs is 3. The lowest BCUT2D eigenvalue weighted by Gasteiger charge is -2.33. The minimum absolute atomic E-state index is 0.0727.